The Kier molecular flexibility index (Phi) is 6.69. The molecule has 2 aromatic rings. The molecule has 1 N–H and O–H groups in total. The Morgan fingerprint density at radius 3 is 2.55 bits per heavy atom. The second-order valence-electron chi connectivity index (χ2n) is 6.96. The van der Waals surface area contributed by atoms with E-state index in [9.17, 15) is 13.6 Å². The monoisotopic (exact) mass is 422 g/mol. The van der Waals surface area contributed by atoms with E-state index in [2.05, 4.69) is 5.10 Å². The highest BCUT2D eigenvalue weighted by molar-refractivity contribution is 6.30. The lowest BCUT2D eigenvalue weighted by Gasteiger charge is -2.24. The number of hydrogen-bond acceptors (Lipinski definition) is 4. The first-order valence-electron chi connectivity index (χ1n) is 9.25. The zero-order valence-corrected chi connectivity index (χ0v) is 16.6. The predicted molar refractivity (Wildman–Crippen MR) is 108 cm³/mol. The molecule has 154 valence electrons. The van der Waals surface area contributed by atoms with Crippen LogP contribution in [-0.4, -0.2) is 29.4 Å². The molecule has 1 atom stereocenters. The fraction of sp³-hybridized carbons (Fsp3) is 0.333. The van der Waals surface area contributed by atoms with Gasteiger partial charge < -0.3 is 9.84 Å². The number of benzene rings is 2. The molecule has 0 bridgehead atoms. The molecule has 0 saturated carbocycles. The van der Waals surface area contributed by atoms with Gasteiger partial charge in [-0.1, -0.05) is 11.6 Å². The normalized spacial score (nSPS) is 16.1. The first-order valence-corrected chi connectivity index (χ1v) is 9.62. The number of hydrogen-bond donors (Lipinski definition) is 1. The lowest BCUT2D eigenvalue weighted by atomic mass is 10.1. The van der Waals surface area contributed by atoms with Crippen molar-refractivity contribution < 1.29 is 23.4 Å². The summed E-state index contributed by atoms with van der Waals surface area (Å²) in [5.74, 6) is -2.98. The van der Waals surface area contributed by atoms with Gasteiger partial charge in [-0.05, 0) is 61.7 Å². The number of aliphatic carboxylic acids is 1. The highest BCUT2D eigenvalue weighted by atomic mass is 35.5. The molecule has 0 saturated heterocycles. The number of ether oxygens (including phenoxy) is 1. The molecule has 1 unspecified atom stereocenters. The number of carboxylic acids is 1. The molecule has 1 heterocycles. The molecule has 0 aromatic heterocycles. The molecular formula is C21H21ClF2N2O3. The molecule has 1 aliphatic rings. The maximum absolute atomic E-state index is 14.4. The molecule has 8 heteroatoms. The van der Waals surface area contributed by atoms with Crippen LogP contribution in [0.3, 0.4) is 0 Å². The molecule has 3 rings (SSSR count). The molecule has 5 nitrogen and oxygen atoms in total. The van der Waals surface area contributed by atoms with Crippen LogP contribution in [0.5, 0.6) is 5.75 Å². The fourth-order valence-electron chi connectivity index (χ4n) is 3.24. The lowest BCUT2D eigenvalue weighted by Crippen LogP contribution is -2.32. The quantitative estimate of drug-likeness (QED) is 0.646. The third kappa shape index (κ3) is 5.44. The van der Waals surface area contributed by atoms with E-state index in [-0.39, 0.29) is 25.5 Å². The van der Waals surface area contributed by atoms with Crippen LogP contribution < -0.4 is 9.75 Å². The Hall–Kier alpha value is -2.67. The number of aryl methyl sites for hydroxylation is 1. The minimum Gasteiger partial charge on any atom is -0.485 e. The van der Waals surface area contributed by atoms with Crippen LogP contribution >= 0.6 is 11.6 Å². The van der Waals surface area contributed by atoms with Crippen molar-refractivity contribution in [3.05, 3.63) is 58.6 Å². The summed E-state index contributed by atoms with van der Waals surface area (Å²) >= 11 is 5.93. The highest BCUT2D eigenvalue weighted by Crippen LogP contribution is 2.29. The van der Waals surface area contributed by atoms with Crippen molar-refractivity contribution in [2.45, 2.75) is 38.6 Å². The van der Waals surface area contributed by atoms with Gasteiger partial charge in [-0.25, -0.2) is 8.78 Å². The van der Waals surface area contributed by atoms with Crippen LogP contribution in [0.15, 0.2) is 41.5 Å². The van der Waals surface area contributed by atoms with E-state index in [1.165, 1.54) is 12.1 Å². The maximum Gasteiger partial charge on any atom is 0.303 e. The Bertz CT molecular complexity index is 896. The number of anilines is 1. The van der Waals surface area contributed by atoms with Crippen LogP contribution in [0, 0.1) is 11.6 Å². The van der Waals surface area contributed by atoms with E-state index in [1.807, 2.05) is 19.1 Å². The number of carboxylic acid groups (broad SMARTS) is 1. The second kappa shape index (κ2) is 9.22. The number of hydrazone groups is 1. The first-order chi connectivity index (χ1) is 13.8. The summed E-state index contributed by atoms with van der Waals surface area (Å²) in [6.45, 7) is 1.94. The van der Waals surface area contributed by atoms with Crippen LogP contribution in [0.2, 0.25) is 5.02 Å². The van der Waals surface area contributed by atoms with Gasteiger partial charge in [0.05, 0.1) is 11.7 Å². The Balaban J connectivity index is 1.67. The Labute approximate surface area is 172 Å². The summed E-state index contributed by atoms with van der Waals surface area (Å²) in [5.41, 5.74) is 2.11. The summed E-state index contributed by atoms with van der Waals surface area (Å²) in [6.07, 6.45) is 1.14. The zero-order valence-electron chi connectivity index (χ0n) is 15.9. The maximum atomic E-state index is 14.4. The molecule has 29 heavy (non-hydrogen) atoms. The first kappa shape index (κ1) is 21.0. The van der Waals surface area contributed by atoms with Crippen LogP contribution in [0.25, 0.3) is 0 Å². The molecule has 0 spiro atoms. The smallest absolute Gasteiger partial charge is 0.303 e. The van der Waals surface area contributed by atoms with E-state index in [0.717, 1.165) is 11.4 Å². The van der Waals surface area contributed by atoms with E-state index in [4.69, 9.17) is 21.4 Å². The minimum absolute atomic E-state index is 0.0513. The van der Waals surface area contributed by atoms with Crippen LogP contribution in [0.1, 0.15) is 31.7 Å². The van der Waals surface area contributed by atoms with Gasteiger partial charge >= 0.3 is 5.97 Å². The largest absolute Gasteiger partial charge is 0.485 e. The van der Waals surface area contributed by atoms with Gasteiger partial charge in [-0.15, -0.1) is 0 Å². The average molecular weight is 423 g/mol. The summed E-state index contributed by atoms with van der Waals surface area (Å²) < 4.78 is 34.2. The van der Waals surface area contributed by atoms with Gasteiger partial charge in [0.15, 0.2) is 17.4 Å². The van der Waals surface area contributed by atoms with Crippen molar-refractivity contribution in [3.63, 3.8) is 0 Å². The molecule has 0 aliphatic carbocycles. The van der Waals surface area contributed by atoms with Gasteiger partial charge in [-0.3, -0.25) is 9.80 Å². The van der Waals surface area contributed by atoms with Gasteiger partial charge in [0, 0.05) is 23.6 Å². The van der Waals surface area contributed by atoms with Crippen molar-refractivity contribution in [1.82, 2.24) is 0 Å². The second-order valence-corrected chi connectivity index (χ2v) is 7.40. The number of carbonyl (C=O) groups is 1. The van der Waals surface area contributed by atoms with E-state index < -0.39 is 23.4 Å². The molecule has 0 fully saturated rings. The van der Waals surface area contributed by atoms with Crippen LogP contribution in [0.4, 0.5) is 14.5 Å². The van der Waals surface area contributed by atoms with Crippen molar-refractivity contribution in [3.8, 4) is 5.75 Å². The Morgan fingerprint density at radius 2 is 1.93 bits per heavy atom. The lowest BCUT2D eigenvalue weighted by molar-refractivity contribution is -0.137. The number of halogens is 3. The van der Waals surface area contributed by atoms with Gasteiger partial charge in [-0.2, -0.15) is 5.10 Å². The molecule has 2 aromatic carbocycles. The predicted octanol–water partition coefficient (Wildman–Crippen LogP) is 5.06. The summed E-state index contributed by atoms with van der Waals surface area (Å²) in [4.78, 5) is 10.6. The summed E-state index contributed by atoms with van der Waals surface area (Å²) in [5, 5.41) is 15.5. The topological polar surface area (TPSA) is 62.1 Å². The fourth-order valence-corrected chi connectivity index (χ4v) is 3.37. The number of rotatable bonds is 8. The van der Waals surface area contributed by atoms with Crippen molar-refractivity contribution in [2.75, 3.05) is 11.6 Å². The zero-order chi connectivity index (χ0) is 21.0. The van der Waals surface area contributed by atoms with Gasteiger partial charge in [0.2, 0.25) is 0 Å². The van der Waals surface area contributed by atoms with E-state index in [0.29, 0.717) is 23.4 Å². The SMILES string of the molecule is CC1=NN(c2ccc(Cl)cc2)C(COc2c(F)cc(CCCC(=O)O)cc2F)C1. The standard InChI is InChI=1S/C21H21ClF2N2O3/c1-13-9-17(26(25-13)16-7-5-15(22)6-8-16)12-29-21-18(23)10-14(11-19(21)24)3-2-4-20(27)28/h5-8,10-11,17H,2-4,9,12H2,1H3,(H,27,28). The Morgan fingerprint density at radius 1 is 1.28 bits per heavy atom. The third-order valence-corrected chi connectivity index (χ3v) is 4.83. The number of nitrogens with zero attached hydrogens (tertiary/aromatic N) is 2. The minimum atomic E-state index is -0.940. The average Bonchev–Trinajstić information content (AvgIpc) is 3.02. The van der Waals surface area contributed by atoms with Crippen molar-refractivity contribution in [2.24, 2.45) is 5.10 Å². The highest BCUT2D eigenvalue weighted by Gasteiger charge is 2.27. The van der Waals surface area contributed by atoms with Crippen molar-refractivity contribution in [1.29, 1.82) is 0 Å². The van der Waals surface area contributed by atoms with Gasteiger partial charge in [0.25, 0.3) is 0 Å². The molecule has 0 radical (unpaired) electrons. The van der Waals surface area contributed by atoms with E-state index in [1.54, 1.807) is 17.1 Å². The van der Waals surface area contributed by atoms with Gasteiger partial charge in [0.1, 0.15) is 6.61 Å². The third-order valence-electron chi connectivity index (χ3n) is 4.58. The van der Waals surface area contributed by atoms with Crippen LogP contribution in [-0.2, 0) is 11.2 Å². The molecule has 0 amide bonds. The molecule has 1 aliphatic heterocycles. The molecular weight excluding hydrogens is 402 g/mol. The summed E-state index contributed by atoms with van der Waals surface area (Å²) in [6, 6.07) is 9.32. The van der Waals surface area contributed by atoms with Crippen molar-refractivity contribution >= 4 is 29.0 Å². The van der Waals surface area contributed by atoms with E-state index >= 15 is 0 Å². The summed E-state index contributed by atoms with van der Waals surface area (Å²) in [7, 11) is 0.